The van der Waals surface area contributed by atoms with Crippen molar-refractivity contribution < 1.29 is 4.79 Å². The number of piperazine rings is 1. The Hall–Kier alpha value is -3.61. The average molecular weight is 370 g/mol. The van der Waals surface area contributed by atoms with E-state index in [1.807, 2.05) is 41.4 Å². The Morgan fingerprint density at radius 1 is 0.857 bits per heavy atom. The molecule has 0 atom stereocenters. The van der Waals surface area contributed by atoms with E-state index in [0.29, 0.717) is 18.8 Å². The summed E-state index contributed by atoms with van der Waals surface area (Å²) >= 11 is 0. The van der Waals surface area contributed by atoms with Crippen LogP contribution in [0.2, 0.25) is 0 Å². The van der Waals surface area contributed by atoms with Crippen LogP contribution >= 0.6 is 0 Å². The zero-order valence-electron chi connectivity index (χ0n) is 15.2. The number of hydrogen-bond donors (Lipinski definition) is 0. The van der Waals surface area contributed by atoms with Gasteiger partial charge in [-0.1, -0.05) is 12.1 Å². The first-order valence-corrected chi connectivity index (χ1v) is 9.24. The molecule has 1 saturated heterocycles. The fourth-order valence-electron chi connectivity index (χ4n) is 3.56. The Labute approximate surface area is 161 Å². The molecule has 0 unspecified atom stereocenters. The minimum atomic E-state index is -0.0650. The monoisotopic (exact) mass is 370 g/mol. The van der Waals surface area contributed by atoms with E-state index in [4.69, 9.17) is 0 Å². The topological polar surface area (TPSA) is 75.1 Å². The van der Waals surface area contributed by atoms with E-state index < -0.39 is 0 Å². The van der Waals surface area contributed by atoms with Crippen LogP contribution < -0.4 is 4.90 Å². The molecule has 5 rings (SSSR count). The first-order chi connectivity index (χ1) is 13.8. The predicted octanol–water partition coefficient (Wildman–Crippen LogP) is 2.54. The van der Waals surface area contributed by atoms with E-state index in [1.165, 1.54) is 0 Å². The smallest absolute Gasteiger partial charge is 0.274 e. The second-order valence-corrected chi connectivity index (χ2v) is 6.79. The van der Waals surface area contributed by atoms with Gasteiger partial charge in [0.2, 0.25) is 0 Å². The Morgan fingerprint density at radius 2 is 1.68 bits per heavy atom. The van der Waals surface area contributed by atoms with Gasteiger partial charge in [-0.25, -0.2) is 15.0 Å². The lowest BCUT2D eigenvalue weighted by Gasteiger charge is -2.36. The molecule has 2 aromatic carbocycles. The predicted molar refractivity (Wildman–Crippen MR) is 107 cm³/mol. The number of nitrogens with zero attached hydrogens (tertiary/aromatic N) is 6. The van der Waals surface area contributed by atoms with Crippen LogP contribution in [-0.4, -0.2) is 56.9 Å². The van der Waals surface area contributed by atoms with Gasteiger partial charge in [-0.3, -0.25) is 9.78 Å². The average Bonchev–Trinajstić information content (AvgIpc) is 2.78. The highest BCUT2D eigenvalue weighted by atomic mass is 16.2. The van der Waals surface area contributed by atoms with Gasteiger partial charge in [0.05, 0.1) is 22.7 Å². The number of para-hydroxylation sites is 2. The molecule has 28 heavy (non-hydrogen) atoms. The Kier molecular flexibility index (Phi) is 4.05. The van der Waals surface area contributed by atoms with Crippen molar-refractivity contribution in [2.45, 2.75) is 0 Å². The Morgan fingerprint density at radius 3 is 2.54 bits per heavy atom. The van der Waals surface area contributed by atoms with Crippen molar-refractivity contribution in [2.24, 2.45) is 0 Å². The zero-order chi connectivity index (χ0) is 18.9. The van der Waals surface area contributed by atoms with Crippen LogP contribution in [0.3, 0.4) is 0 Å². The molecule has 0 spiro atoms. The standard InChI is InChI=1S/C21H18N6O/c28-21(20-13-23-18-3-1-2-4-19(18)25-20)27-9-7-26(8-10-27)16-5-6-17-15(11-16)12-22-14-24-17/h1-6,11-14H,7-10H2. The van der Waals surface area contributed by atoms with Crippen molar-refractivity contribution >= 4 is 33.5 Å². The molecule has 7 heteroatoms. The lowest BCUT2D eigenvalue weighted by Crippen LogP contribution is -2.49. The fourth-order valence-corrected chi connectivity index (χ4v) is 3.56. The molecule has 0 radical (unpaired) electrons. The summed E-state index contributed by atoms with van der Waals surface area (Å²) < 4.78 is 0. The molecule has 0 aliphatic carbocycles. The summed E-state index contributed by atoms with van der Waals surface area (Å²) in [5, 5.41) is 1.02. The number of hydrogen-bond acceptors (Lipinski definition) is 6. The highest BCUT2D eigenvalue weighted by Crippen LogP contribution is 2.22. The first kappa shape index (κ1) is 16.6. The zero-order valence-corrected chi connectivity index (χ0v) is 15.2. The van der Waals surface area contributed by atoms with Crippen molar-refractivity contribution in [3.63, 3.8) is 0 Å². The number of anilines is 1. The number of benzene rings is 2. The number of carbonyl (C=O) groups excluding carboxylic acids is 1. The Balaban J connectivity index is 1.30. The highest BCUT2D eigenvalue weighted by Gasteiger charge is 2.23. The van der Waals surface area contributed by atoms with Gasteiger partial charge in [0.1, 0.15) is 12.0 Å². The summed E-state index contributed by atoms with van der Waals surface area (Å²) in [6.45, 7) is 2.84. The molecule has 1 fully saturated rings. The number of aromatic nitrogens is 4. The molecule has 1 amide bonds. The number of fused-ring (bicyclic) bond motifs is 2. The minimum Gasteiger partial charge on any atom is -0.368 e. The minimum absolute atomic E-state index is 0.0650. The van der Waals surface area contributed by atoms with Crippen LogP contribution in [0.15, 0.2) is 61.2 Å². The van der Waals surface area contributed by atoms with Crippen LogP contribution in [0, 0.1) is 0 Å². The lowest BCUT2D eigenvalue weighted by molar-refractivity contribution is 0.0741. The molecule has 1 aliphatic heterocycles. The Bertz CT molecular complexity index is 1170. The van der Waals surface area contributed by atoms with E-state index in [2.05, 4.69) is 37.0 Å². The molecule has 2 aromatic heterocycles. The molecule has 0 saturated carbocycles. The molecular weight excluding hydrogens is 352 g/mol. The van der Waals surface area contributed by atoms with Gasteiger partial charge in [-0.15, -0.1) is 0 Å². The maximum Gasteiger partial charge on any atom is 0.274 e. The van der Waals surface area contributed by atoms with Gasteiger partial charge >= 0.3 is 0 Å². The largest absolute Gasteiger partial charge is 0.368 e. The summed E-state index contributed by atoms with van der Waals surface area (Å²) in [5.74, 6) is -0.0650. The highest BCUT2D eigenvalue weighted by molar-refractivity contribution is 5.94. The van der Waals surface area contributed by atoms with Crippen molar-refractivity contribution in [1.82, 2.24) is 24.8 Å². The molecule has 7 nitrogen and oxygen atoms in total. The van der Waals surface area contributed by atoms with Gasteiger partial charge in [-0.05, 0) is 30.3 Å². The van der Waals surface area contributed by atoms with Crippen molar-refractivity contribution in [2.75, 3.05) is 31.1 Å². The third-order valence-electron chi connectivity index (χ3n) is 5.09. The van der Waals surface area contributed by atoms with Crippen LogP contribution in [0.4, 0.5) is 5.69 Å². The number of rotatable bonds is 2. The van der Waals surface area contributed by atoms with Gasteiger partial charge in [0.25, 0.3) is 5.91 Å². The third kappa shape index (κ3) is 3.00. The second-order valence-electron chi connectivity index (χ2n) is 6.79. The van der Waals surface area contributed by atoms with Crippen molar-refractivity contribution in [3.05, 3.63) is 66.9 Å². The molecule has 0 N–H and O–H groups in total. The second kappa shape index (κ2) is 6.84. The van der Waals surface area contributed by atoms with Crippen molar-refractivity contribution in [1.29, 1.82) is 0 Å². The molecule has 1 aliphatic rings. The SMILES string of the molecule is O=C(c1cnc2ccccc2n1)N1CCN(c2ccc3ncncc3c2)CC1. The maximum atomic E-state index is 12.8. The summed E-state index contributed by atoms with van der Waals surface area (Å²) in [6, 6.07) is 13.8. The third-order valence-corrected chi connectivity index (χ3v) is 5.09. The normalized spacial score (nSPS) is 14.6. The molecule has 4 aromatic rings. The van der Waals surface area contributed by atoms with E-state index in [0.717, 1.165) is 40.7 Å². The van der Waals surface area contributed by atoms with Gasteiger partial charge < -0.3 is 9.80 Å². The van der Waals surface area contributed by atoms with Gasteiger partial charge in [0.15, 0.2) is 0 Å². The summed E-state index contributed by atoms with van der Waals surface area (Å²) in [5.41, 5.74) is 3.99. The van der Waals surface area contributed by atoms with Crippen LogP contribution in [0.5, 0.6) is 0 Å². The van der Waals surface area contributed by atoms with E-state index in [9.17, 15) is 4.79 Å². The fraction of sp³-hybridized carbons (Fsp3) is 0.190. The van der Waals surface area contributed by atoms with E-state index >= 15 is 0 Å². The summed E-state index contributed by atoms with van der Waals surface area (Å²) in [4.78, 5) is 34.2. The lowest BCUT2D eigenvalue weighted by atomic mass is 10.2. The number of amides is 1. The van der Waals surface area contributed by atoms with Crippen molar-refractivity contribution in [3.8, 4) is 0 Å². The molecule has 3 heterocycles. The molecule has 138 valence electrons. The molecule has 0 bridgehead atoms. The van der Waals surface area contributed by atoms with Crippen LogP contribution in [-0.2, 0) is 0 Å². The number of carbonyl (C=O) groups is 1. The summed E-state index contributed by atoms with van der Waals surface area (Å²) in [6.07, 6.45) is 4.95. The van der Waals surface area contributed by atoms with E-state index in [1.54, 1.807) is 12.5 Å². The quantitative estimate of drug-likeness (QED) is 0.540. The molecular formula is C21H18N6O. The van der Waals surface area contributed by atoms with Gasteiger partial charge in [0, 0.05) is 43.4 Å². The van der Waals surface area contributed by atoms with Crippen LogP contribution in [0.1, 0.15) is 10.5 Å². The summed E-state index contributed by atoms with van der Waals surface area (Å²) in [7, 11) is 0. The van der Waals surface area contributed by atoms with Gasteiger partial charge in [-0.2, -0.15) is 0 Å². The first-order valence-electron chi connectivity index (χ1n) is 9.24. The van der Waals surface area contributed by atoms with E-state index in [-0.39, 0.29) is 5.91 Å². The maximum absolute atomic E-state index is 12.8. The van der Waals surface area contributed by atoms with Crippen LogP contribution in [0.25, 0.3) is 21.9 Å².